The van der Waals surface area contributed by atoms with Crippen molar-refractivity contribution in [2.45, 2.75) is 12.5 Å². The maximum Gasteiger partial charge on any atom is 0.253 e. The first-order valence-electron chi connectivity index (χ1n) is 10.9. The molecule has 1 aliphatic heterocycles. The number of amides is 1. The molecule has 3 aromatic heterocycles. The molecular weight excluding hydrogens is 490 g/mol. The van der Waals surface area contributed by atoms with Crippen LogP contribution >= 0.6 is 23.2 Å². The number of ether oxygens (including phenoxy) is 1. The molecule has 0 saturated heterocycles. The molecule has 1 unspecified atom stereocenters. The Balaban J connectivity index is 1.25. The van der Waals surface area contributed by atoms with E-state index in [0.29, 0.717) is 44.6 Å². The average molecular weight is 507 g/mol. The Labute approximate surface area is 209 Å². The Hall–Kier alpha value is -3.68. The van der Waals surface area contributed by atoms with Crippen LogP contribution in [0, 0.1) is 5.82 Å². The van der Waals surface area contributed by atoms with Gasteiger partial charge >= 0.3 is 0 Å². The summed E-state index contributed by atoms with van der Waals surface area (Å²) in [4.78, 5) is 24.7. The zero-order valence-corrected chi connectivity index (χ0v) is 19.6. The molecule has 6 rings (SSSR count). The van der Waals surface area contributed by atoms with Crippen LogP contribution in [0.5, 0.6) is 5.88 Å². The molecule has 0 fully saturated rings. The van der Waals surface area contributed by atoms with Crippen LogP contribution in [0.1, 0.15) is 33.0 Å². The Morgan fingerprint density at radius 3 is 2.91 bits per heavy atom. The summed E-state index contributed by atoms with van der Waals surface area (Å²) in [5.74, 6) is -0.442. The van der Waals surface area contributed by atoms with Gasteiger partial charge in [-0.25, -0.2) is 9.37 Å². The molecule has 0 aliphatic carbocycles. The summed E-state index contributed by atoms with van der Waals surface area (Å²) in [5.41, 5.74) is 3.88. The summed E-state index contributed by atoms with van der Waals surface area (Å²) >= 11 is 12.3. The fourth-order valence-electron chi connectivity index (χ4n) is 4.37. The summed E-state index contributed by atoms with van der Waals surface area (Å²) < 4.78 is 20.2. The highest BCUT2D eigenvalue weighted by Crippen LogP contribution is 2.38. The van der Waals surface area contributed by atoms with Gasteiger partial charge in [0.1, 0.15) is 12.4 Å². The molecule has 2 N–H and O–H groups in total. The normalized spacial score (nSPS) is 14.8. The number of hydrogen-bond donors (Lipinski definition) is 2. The van der Waals surface area contributed by atoms with E-state index in [9.17, 15) is 9.18 Å². The Morgan fingerprint density at radius 1 is 1.14 bits per heavy atom. The largest absolute Gasteiger partial charge is 0.476 e. The van der Waals surface area contributed by atoms with Gasteiger partial charge in [-0.3, -0.25) is 9.78 Å². The van der Waals surface area contributed by atoms with Crippen molar-refractivity contribution >= 4 is 50.9 Å². The predicted octanol–water partition coefficient (Wildman–Crippen LogP) is 6.01. The summed E-state index contributed by atoms with van der Waals surface area (Å²) in [7, 11) is 0. The number of carbonyl (C=O) groups excluding carboxylic acids is 1. The lowest BCUT2D eigenvalue weighted by Crippen LogP contribution is -2.23. The monoisotopic (exact) mass is 506 g/mol. The highest BCUT2D eigenvalue weighted by Gasteiger charge is 2.28. The van der Waals surface area contributed by atoms with Gasteiger partial charge in [0.25, 0.3) is 5.91 Å². The molecule has 1 aliphatic rings. The summed E-state index contributed by atoms with van der Waals surface area (Å²) in [6, 6.07) is 12.3. The lowest BCUT2D eigenvalue weighted by molar-refractivity contribution is 0.0950. The molecule has 35 heavy (non-hydrogen) atoms. The number of fused-ring (bicyclic) bond motifs is 3. The van der Waals surface area contributed by atoms with Crippen molar-refractivity contribution < 1.29 is 13.9 Å². The zero-order chi connectivity index (χ0) is 24.1. The summed E-state index contributed by atoms with van der Waals surface area (Å²) in [5, 5.41) is 5.51. The van der Waals surface area contributed by atoms with E-state index in [2.05, 4.69) is 20.3 Å². The highest BCUT2D eigenvalue weighted by molar-refractivity contribution is 6.35. The minimum Gasteiger partial charge on any atom is -0.476 e. The number of nitrogens with one attached hydrogen (secondary N) is 2. The number of aromatic nitrogens is 3. The number of H-pyrrole nitrogens is 1. The first-order valence-corrected chi connectivity index (χ1v) is 11.6. The van der Waals surface area contributed by atoms with Gasteiger partial charge in [0, 0.05) is 57.6 Å². The molecule has 1 atom stereocenters. The maximum absolute atomic E-state index is 14.5. The number of pyridine rings is 2. The van der Waals surface area contributed by atoms with Crippen LogP contribution in [0.15, 0.2) is 61.1 Å². The minimum atomic E-state index is -0.430. The van der Waals surface area contributed by atoms with Gasteiger partial charge in [-0.15, -0.1) is 0 Å². The second-order valence-electron chi connectivity index (χ2n) is 8.40. The SMILES string of the molecule is O=C(NCc1cc2c(Cl)c[nH]c2cc1F)c1cnc2c(c1)C(c1cnc3ccc(Cl)cc3c1)CO2. The van der Waals surface area contributed by atoms with E-state index in [-0.39, 0.29) is 18.4 Å². The van der Waals surface area contributed by atoms with Crippen LogP contribution < -0.4 is 10.1 Å². The Morgan fingerprint density at radius 2 is 2.03 bits per heavy atom. The quantitative estimate of drug-likeness (QED) is 0.312. The number of rotatable bonds is 4. The van der Waals surface area contributed by atoms with Crippen molar-refractivity contribution in [3.8, 4) is 5.88 Å². The highest BCUT2D eigenvalue weighted by atomic mass is 35.5. The molecule has 0 spiro atoms. The second-order valence-corrected chi connectivity index (χ2v) is 9.24. The van der Waals surface area contributed by atoms with E-state index in [4.69, 9.17) is 27.9 Å². The maximum atomic E-state index is 14.5. The minimum absolute atomic E-state index is 0.00842. The van der Waals surface area contributed by atoms with Gasteiger partial charge in [0.15, 0.2) is 0 Å². The van der Waals surface area contributed by atoms with Crippen molar-refractivity contribution in [1.82, 2.24) is 20.3 Å². The molecule has 0 saturated carbocycles. The molecule has 1 amide bonds. The Bertz CT molecular complexity index is 1640. The van der Waals surface area contributed by atoms with Gasteiger partial charge in [-0.2, -0.15) is 0 Å². The number of nitrogens with zero attached hydrogens (tertiary/aromatic N) is 2. The van der Waals surface area contributed by atoms with E-state index in [1.807, 2.05) is 18.2 Å². The van der Waals surface area contributed by atoms with Crippen molar-refractivity contribution in [3.05, 3.63) is 99.2 Å². The van der Waals surface area contributed by atoms with Gasteiger partial charge in [0.05, 0.1) is 22.0 Å². The van der Waals surface area contributed by atoms with Crippen molar-refractivity contribution in [2.75, 3.05) is 6.61 Å². The van der Waals surface area contributed by atoms with Crippen LogP contribution in [0.2, 0.25) is 10.0 Å². The number of carbonyl (C=O) groups is 1. The predicted molar refractivity (Wildman–Crippen MR) is 133 cm³/mol. The van der Waals surface area contributed by atoms with Gasteiger partial charge in [0.2, 0.25) is 5.88 Å². The Kier molecular flexibility index (Phi) is 5.31. The molecule has 0 bridgehead atoms. The molecule has 5 aromatic rings. The topological polar surface area (TPSA) is 79.9 Å². The third kappa shape index (κ3) is 3.96. The molecular formula is C26H17Cl2FN4O2. The van der Waals surface area contributed by atoms with E-state index in [0.717, 1.165) is 22.0 Å². The van der Waals surface area contributed by atoms with Gasteiger partial charge < -0.3 is 15.0 Å². The van der Waals surface area contributed by atoms with Crippen LogP contribution in [-0.4, -0.2) is 27.5 Å². The fourth-order valence-corrected chi connectivity index (χ4v) is 4.76. The lowest BCUT2D eigenvalue weighted by Gasteiger charge is -2.11. The number of hydrogen-bond acceptors (Lipinski definition) is 4. The fraction of sp³-hybridized carbons (Fsp3) is 0.115. The number of halogens is 3. The van der Waals surface area contributed by atoms with E-state index in [1.54, 1.807) is 30.6 Å². The van der Waals surface area contributed by atoms with Gasteiger partial charge in [-0.1, -0.05) is 23.2 Å². The lowest BCUT2D eigenvalue weighted by atomic mass is 9.93. The van der Waals surface area contributed by atoms with Crippen LogP contribution in [0.3, 0.4) is 0 Å². The third-order valence-corrected chi connectivity index (χ3v) is 6.76. The van der Waals surface area contributed by atoms with Gasteiger partial charge in [-0.05, 0) is 48.0 Å². The summed E-state index contributed by atoms with van der Waals surface area (Å²) in [6.07, 6.45) is 4.86. The van der Waals surface area contributed by atoms with Crippen LogP contribution in [0.4, 0.5) is 4.39 Å². The molecule has 174 valence electrons. The first kappa shape index (κ1) is 21.8. The van der Waals surface area contributed by atoms with E-state index >= 15 is 0 Å². The van der Waals surface area contributed by atoms with Crippen LogP contribution in [-0.2, 0) is 6.54 Å². The number of aromatic amines is 1. The standard InChI is InChI=1S/C26H17Cl2FN4O2/c27-17-1-2-23-13(4-17)3-14(8-30-23)20-12-35-26-18(20)6-16(10-33-26)25(34)32-9-15-5-19-21(28)11-31-24(19)7-22(15)29/h1-8,10-11,20,31H,9,12H2,(H,32,34). The number of benzene rings is 2. The third-order valence-electron chi connectivity index (χ3n) is 6.21. The average Bonchev–Trinajstić information content (AvgIpc) is 3.44. The molecule has 9 heteroatoms. The van der Waals surface area contributed by atoms with Crippen molar-refractivity contribution in [3.63, 3.8) is 0 Å². The second kappa shape index (κ2) is 8.52. The molecule has 6 nitrogen and oxygen atoms in total. The van der Waals surface area contributed by atoms with Crippen molar-refractivity contribution in [1.29, 1.82) is 0 Å². The molecule has 4 heterocycles. The zero-order valence-electron chi connectivity index (χ0n) is 18.1. The molecule has 2 aromatic carbocycles. The van der Waals surface area contributed by atoms with E-state index in [1.165, 1.54) is 12.3 Å². The van der Waals surface area contributed by atoms with Crippen molar-refractivity contribution in [2.24, 2.45) is 0 Å². The first-order chi connectivity index (χ1) is 17.0. The van der Waals surface area contributed by atoms with E-state index < -0.39 is 5.82 Å². The molecule has 0 radical (unpaired) electrons. The smallest absolute Gasteiger partial charge is 0.253 e. The summed E-state index contributed by atoms with van der Waals surface area (Å²) in [6.45, 7) is 0.401. The van der Waals surface area contributed by atoms with Crippen LogP contribution in [0.25, 0.3) is 21.8 Å².